The zero-order valence-corrected chi connectivity index (χ0v) is 12.1. The van der Waals surface area contributed by atoms with E-state index in [-0.39, 0.29) is 17.7 Å². The highest BCUT2D eigenvalue weighted by molar-refractivity contribution is 6.01. The van der Waals surface area contributed by atoms with Crippen molar-refractivity contribution in [1.82, 2.24) is 9.80 Å². The first-order valence-corrected chi connectivity index (χ1v) is 7.16. The summed E-state index contributed by atoms with van der Waals surface area (Å²) < 4.78 is 0. The Kier molecular flexibility index (Phi) is 4.13. The molecule has 0 aromatic rings. The Morgan fingerprint density at radius 3 is 2.30 bits per heavy atom. The third kappa shape index (κ3) is 2.57. The second-order valence-corrected chi connectivity index (χ2v) is 6.08. The van der Waals surface area contributed by atoms with Gasteiger partial charge in [-0.1, -0.05) is 13.8 Å². The highest BCUT2D eigenvalue weighted by Crippen LogP contribution is 2.38. The lowest BCUT2D eigenvalue weighted by Crippen LogP contribution is -2.41. The van der Waals surface area contributed by atoms with E-state index in [2.05, 4.69) is 0 Å². The first kappa shape index (κ1) is 15.0. The standard InChI is InChI=1S/C14H22N2O4/c1-10(2)14(13(19)20)5-6-15(9-14)7-8-16-11(17)3-4-12(16)18/h10H,3-9H2,1-2H3,(H,19,20). The summed E-state index contributed by atoms with van der Waals surface area (Å²) in [6.07, 6.45) is 1.25. The lowest BCUT2D eigenvalue weighted by atomic mass is 9.76. The highest BCUT2D eigenvalue weighted by Gasteiger charge is 2.47. The zero-order chi connectivity index (χ0) is 14.9. The quantitative estimate of drug-likeness (QED) is 0.746. The van der Waals surface area contributed by atoms with E-state index in [9.17, 15) is 19.5 Å². The van der Waals surface area contributed by atoms with E-state index in [1.165, 1.54) is 4.90 Å². The number of amides is 2. The summed E-state index contributed by atoms with van der Waals surface area (Å²) in [6.45, 7) is 6.03. The summed E-state index contributed by atoms with van der Waals surface area (Å²) in [5.74, 6) is -0.895. The van der Waals surface area contributed by atoms with Gasteiger partial charge in [0.1, 0.15) is 0 Å². The van der Waals surface area contributed by atoms with E-state index in [0.717, 1.165) is 0 Å². The number of carbonyl (C=O) groups is 3. The Morgan fingerprint density at radius 2 is 1.85 bits per heavy atom. The Balaban J connectivity index is 1.92. The van der Waals surface area contributed by atoms with Crippen molar-refractivity contribution in [1.29, 1.82) is 0 Å². The van der Waals surface area contributed by atoms with Gasteiger partial charge >= 0.3 is 5.97 Å². The van der Waals surface area contributed by atoms with E-state index in [4.69, 9.17) is 0 Å². The molecule has 6 heteroatoms. The van der Waals surface area contributed by atoms with E-state index < -0.39 is 11.4 Å². The van der Waals surface area contributed by atoms with Crippen LogP contribution in [0.2, 0.25) is 0 Å². The van der Waals surface area contributed by atoms with Gasteiger partial charge in [-0.25, -0.2) is 0 Å². The van der Waals surface area contributed by atoms with Crippen molar-refractivity contribution in [3.8, 4) is 0 Å². The van der Waals surface area contributed by atoms with Gasteiger partial charge in [0.05, 0.1) is 5.41 Å². The maximum absolute atomic E-state index is 11.5. The second-order valence-electron chi connectivity index (χ2n) is 6.08. The van der Waals surface area contributed by atoms with Gasteiger partial charge in [-0.3, -0.25) is 19.3 Å². The molecular weight excluding hydrogens is 260 g/mol. The highest BCUT2D eigenvalue weighted by atomic mass is 16.4. The van der Waals surface area contributed by atoms with E-state index in [1.54, 1.807) is 0 Å². The molecule has 112 valence electrons. The molecule has 6 nitrogen and oxygen atoms in total. The molecule has 0 bridgehead atoms. The van der Waals surface area contributed by atoms with Crippen LogP contribution in [0.4, 0.5) is 0 Å². The fourth-order valence-corrected chi connectivity index (χ4v) is 3.11. The molecule has 2 saturated heterocycles. The van der Waals surface area contributed by atoms with Crippen molar-refractivity contribution < 1.29 is 19.5 Å². The van der Waals surface area contributed by atoms with Crippen LogP contribution in [0.3, 0.4) is 0 Å². The number of imide groups is 1. The van der Waals surface area contributed by atoms with Gasteiger partial charge < -0.3 is 10.0 Å². The molecule has 20 heavy (non-hydrogen) atoms. The zero-order valence-electron chi connectivity index (χ0n) is 12.1. The minimum absolute atomic E-state index is 0.0695. The third-order valence-corrected chi connectivity index (χ3v) is 4.71. The van der Waals surface area contributed by atoms with Crippen LogP contribution in [0.15, 0.2) is 0 Å². The van der Waals surface area contributed by atoms with Gasteiger partial charge in [0.15, 0.2) is 0 Å². The Bertz CT molecular complexity index is 419. The Morgan fingerprint density at radius 1 is 1.25 bits per heavy atom. The number of carboxylic acid groups (broad SMARTS) is 1. The molecule has 2 rings (SSSR count). The number of rotatable bonds is 5. The van der Waals surface area contributed by atoms with Crippen LogP contribution in [0.25, 0.3) is 0 Å². The molecule has 1 atom stereocenters. The van der Waals surface area contributed by atoms with Crippen molar-refractivity contribution in [2.45, 2.75) is 33.1 Å². The molecule has 2 heterocycles. The molecule has 0 radical (unpaired) electrons. The molecule has 0 aromatic carbocycles. The van der Waals surface area contributed by atoms with Crippen molar-refractivity contribution in [3.05, 3.63) is 0 Å². The lowest BCUT2D eigenvalue weighted by Gasteiger charge is -2.29. The minimum Gasteiger partial charge on any atom is -0.481 e. The van der Waals surface area contributed by atoms with Crippen LogP contribution >= 0.6 is 0 Å². The summed E-state index contributed by atoms with van der Waals surface area (Å²) >= 11 is 0. The van der Waals surface area contributed by atoms with Gasteiger partial charge in [-0.15, -0.1) is 0 Å². The number of hydrogen-bond donors (Lipinski definition) is 1. The molecule has 0 saturated carbocycles. The first-order chi connectivity index (χ1) is 9.36. The number of likely N-dealkylation sites (tertiary alicyclic amines) is 2. The van der Waals surface area contributed by atoms with E-state index in [0.29, 0.717) is 45.4 Å². The van der Waals surface area contributed by atoms with Gasteiger partial charge in [-0.2, -0.15) is 0 Å². The second kappa shape index (κ2) is 5.52. The largest absolute Gasteiger partial charge is 0.481 e. The van der Waals surface area contributed by atoms with Gasteiger partial charge in [0, 0.05) is 32.5 Å². The van der Waals surface area contributed by atoms with Crippen LogP contribution in [0.5, 0.6) is 0 Å². The molecule has 1 unspecified atom stereocenters. The number of hydrogen-bond acceptors (Lipinski definition) is 4. The molecular formula is C14H22N2O4. The number of carbonyl (C=O) groups excluding carboxylic acids is 2. The summed E-state index contributed by atoms with van der Waals surface area (Å²) in [6, 6.07) is 0. The van der Waals surface area contributed by atoms with Crippen molar-refractivity contribution >= 4 is 17.8 Å². The summed E-state index contributed by atoms with van der Waals surface area (Å²) in [5, 5.41) is 9.47. The molecule has 2 fully saturated rings. The minimum atomic E-state index is -0.747. The van der Waals surface area contributed by atoms with Crippen LogP contribution in [-0.2, 0) is 14.4 Å². The topological polar surface area (TPSA) is 77.9 Å². The molecule has 2 aliphatic heterocycles. The normalized spacial score (nSPS) is 27.9. The Labute approximate surface area is 118 Å². The molecule has 0 aliphatic carbocycles. The first-order valence-electron chi connectivity index (χ1n) is 7.16. The lowest BCUT2D eigenvalue weighted by molar-refractivity contribution is -0.151. The summed E-state index contributed by atoms with van der Waals surface area (Å²) in [7, 11) is 0. The average molecular weight is 282 g/mol. The third-order valence-electron chi connectivity index (χ3n) is 4.71. The fourth-order valence-electron chi connectivity index (χ4n) is 3.11. The molecule has 2 amide bonds. The SMILES string of the molecule is CC(C)C1(C(=O)O)CCN(CCN2C(=O)CCC2=O)C1. The predicted molar refractivity (Wildman–Crippen MR) is 71.9 cm³/mol. The van der Waals surface area contributed by atoms with Crippen LogP contribution < -0.4 is 0 Å². The van der Waals surface area contributed by atoms with E-state index in [1.807, 2.05) is 18.7 Å². The maximum atomic E-state index is 11.5. The van der Waals surface area contributed by atoms with E-state index >= 15 is 0 Å². The van der Waals surface area contributed by atoms with Crippen molar-refractivity contribution in [2.24, 2.45) is 11.3 Å². The van der Waals surface area contributed by atoms with Gasteiger partial charge in [-0.05, 0) is 18.9 Å². The molecule has 0 spiro atoms. The fraction of sp³-hybridized carbons (Fsp3) is 0.786. The molecule has 2 aliphatic rings. The van der Waals surface area contributed by atoms with Crippen LogP contribution in [-0.4, -0.2) is 58.9 Å². The van der Waals surface area contributed by atoms with Gasteiger partial charge in [0.25, 0.3) is 0 Å². The van der Waals surface area contributed by atoms with Crippen LogP contribution in [0, 0.1) is 11.3 Å². The van der Waals surface area contributed by atoms with Crippen molar-refractivity contribution in [3.63, 3.8) is 0 Å². The monoisotopic (exact) mass is 282 g/mol. The molecule has 0 aromatic heterocycles. The molecule has 1 N–H and O–H groups in total. The maximum Gasteiger partial charge on any atom is 0.311 e. The summed E-state index contributed by atoms with van der Waals surface area (Å²) in [5.41, 5.74) is -0.695. The smallest absolute Gasteiger partial charge is 0.311 e. The Hall–Kier alpha value is -1.43. The van der Waals surface area contributed by atoms with Gasteiger partial charge in [0.2, 0.25) is 11.8 Å². The number of carboxylic acids is 1. The number of aliphatic carboxylic acids is 1. The predicted octanol–water partition coefficient (Wildman–Crippen LogP) is 0.568. The van der Waals surface area contributed by atoms with Crippen molar-refractivity contribution in [2.75, 3.05) is 26.2 Å². The summed E-state index contributed by atoms with van der Waals surface area (Å²) in [4.78, 5) is 37.9. The number of nitrogens with zero attached hydrogens (tertiary/aromatic N) is 2. The average Bonchev–Trinajstić information content (AvgIpc) is 2.93. The van der Waals surface area contributed by atoms with Crippen LogP contribution in [0.1, 0.15) is 33.1 Å².